The van der Waals surface area contributed by atoms with Crippen LogP contribution in [0.5, 0.6) is 0 Å². The number of nitrogens with one attached hydrogen (secondary N) is 1. The number of para-hydroxylation sites is 4. The average molecular weight is 501 g/mol. The number of aromatic nitrogens is 4. The van der Waals surface area contributed by atoms with E-state index in [9.17, 15) is 0 Å². The van der Waals surface area contributed by atoms with Gasteiger partial charge in [0.25, 0.3) is 0 Å². The van der Waals surface area contributed by atoms with Crippen LogP contribution in [-0.2, 0) is 0 Å². The molecular formula is C30H24N6S. The van der Waals surface area contributed by atoms with Crippen molar-refractivity contribution >= 4 is 40.2 Å². The van der Waals surface area contributed by atoms with Gasteiger partial charge in [-0.25, -0.2) is 9.97 Å². The lowest BCUT2D eigenvalue weighted by molar-refractivity contribution is 0.881. The molecule has 2 bridgehead atoms. The summed E-state index contributed by atoms with van der Waals surface area (Å²) >= 11 is 6.18. The summed E-state index contributed by atoms with van der Waals surface area (Å²) in [5.41, 5.74) is 10.9. The summed E-state index contributed by atoms with van der Waals surface area (Å²) in [7, 11) is 0. The van der Waals surface area contributed by atoms with E-state index < -0.39 is 0 Å². The Balaban J connectivity index is 1.84. The summed E-state index contributed by atoms with van der Waals surface area (Å²) in [5, 5.41) is 5.47. The monoisotopic (exact) mass is 500 g/mol. The van der Waals surface area contributed by atoms with E-state index in [2.05, 4.69) is 55.7 Å². The standard InChI is InChI=1S/C30H24N6S/c1-20-16-18-23(19-17-20)35-28-27(34-33-22-11-4-3-5-12-22)29(32-25-14-8-7-13-24(25)31-28)36(30(35)37)26-15-9-6-10-21(26)2/h3-19,33H,1-2H3/b34-27-. The van der Waals surface area contributed by atoms with Crippen molar-refractivity contribution in [1.29, 1.82) is 0 Å². The number of rotatable bonds is 4. The van der Waals surface area contributed by atoms with Gasteiger partial charge in [0.2, 0.25) is 0 Å². The van der Waals surface area contributed by atoms with Crippen molar-refractivity contribution in [2.75, 3.05) is 5.43 Å². The minimum atomic E-state index is 0.558. The van der Waals surface area contributed by atoms with Crippen LogP contribution in [0, 0.1) is 18.6 Å². The van der Waals surface area contributed by atoms with Gasteiger partial charge < -0.3 is 0 Å². The van der Waals surface area contributed by atoms with Crippen LogP contribution in [0.4, 0.5) is 5.69 Å². The van der Waals surface area contributed by atoms with Gasteiger partial charge in [0, 0.05) is 5.69 Å². The molecule has 0 saturated heterocycles. The van der Waals surface area contributed by atoms with Crippen molar-refractivity contribution in [2.24, 2.45) is 5.10 Å². The summed E-state index contributed by atoms with van der Waals surface area (Å²) in [5.74, 6) is 0. The molecule has 0 amide bonds. The second-order valence-electron chi connectivity index (χ2n) is 8.87. The molecule has 37 heavy (non-hydrogen) atoms. The second-order valence-corrected chi connectivity index (χ2v) is 9.24. The van der Waals surface area contributed by atoms with Gasteiger partial charge in [-0.3, -0.25) is 14.6 Å². The van der Waals surface area contributed by atoms with Crippen molar-refractivity contribution in [3.63, 3.8) is 0 Å². The Labute approximate surface area is 219 Å². The zero-order chi connectivity index (χ0) is 25.4. The third kappa shape index (κ3) is 4.19. The third-order valence-electron chi connectivity index (χ3n) is 6.28. The van der Waals surface area contributed by atoms with Crippen molar-refractivity contribution in [3.05, 3.63) is 124 Å². The van der Waals surface area contributed by atoms with Crippen LogP contribution in [-0.4, -0.2) is 19.1 Å². The van der Waals surface area contributed by atoms with E-state index in [0.29, 0.717) is 21.4 Å². The normalized spacial score (nSPS) is 11.8. The van der Waals surface area contributed by atoms with Crippen LogP contribution in [0.15, 0.2) is 108 Å². The molecule has 0 unspecified atom stereocenters. The zero-order valence-electron chi connectivity index (χ0n) is 20.5. The Morgan fingerprint density at radius 3 is 1.95 bits per heavy atom. The predicted molar refractivity (Wildman–Crippen MR) is 152 cm³/mol. The minimum Gasteiger partial charge on any atom is -0.278 e. The van der Waals surface area contributed by atoms with Crippen molar-refractivity contribution < 1.29 is 0 Å². The molecule has 4 aromatic carbocycles. The van der Waals surface area contributed by atoms with Gasteiger partial charge >= 0.3 is 0 Å². The molecule has 6 rings (SSSR count). The highest BCUT2D eigenvalue weighted by Crippen LogP contribution is 2.22. The molecule has 0 atom stereocenters. The molecule has 0 radical (unpaired) electrons. The molecule has 2 aromatic heterocycles. The maximum absolute atomic E-state index is 6.18. The van der Waals surface area contributed by atoms with Crippen LogP contribution < -0.4 is 10.8 Å². The van der Waals surface area contributed by atoms with Gasteiger partial charge in [0.05, 0.1) is 22.4 Å². The van der Waals surface area contributed by atoms with E-state index in [-0.39, 0.29) is 0 Å². The van der Waals surface area contributed by atoms with Gasteiger partial charge in [0.1, 0.15) is 0 Å². The first-order valence-electron chi connectivity index (χ1n) is 12.0. The Kier molecular flexibility index (Phi) is 5.82. The van der Waals surface area contributed by atoms with Gasteiger partial charge in [-0.05, 0) is 74.1 Å². The van der Waals surface area contributed by atoms with E-state index in [4.69, 9.17) is 27.3 Å². The highest BCUT2D eigenvalue weighted by atomic mass is 32.1. The van der Waals surface area contributed by atoms with Crippen LogP contribution in [0.2, 0.25) is 0 Å². The minimum absolute atomic E-state index is 0.558. The van der Waals surface area contributed by atoms with Crippen LogP contribution in [0.1, 0.15) is 11.1 Å². The summed E-state index contributed by atoms with van der Waals surface area (Å²) in [6.45, 7) is 4.14. The highest BCUT2D eigenvalue weighted by molar-refractivity contribution is 7.71. The van der Waals surface area contributed by atoms with Gasteiger partial charge in [0.15, 0.2) is 21.4 Å². The molecule has 0 fully saturated rings. The molecule has 0 aliphatic carbocycles. The van der Waals surface area contributed by atoms with Gasteiger partial charge in [-0.2, -0.15) is 5.10 Å². The van der Waals surface area contributed by atoms with Crippen molar-refractivity contribution in [1.82, 2.24) is 19.1 Å². The fourth-order valence-electron chi connectivity index (χ4n) is 4.37. The summed E-state index contributed by atoms with van der Waals surface area (Å²) < 4.78 is 4.53. The maximum Gasteiger partial charge on any atom is 0.192 e. The molecular weight excluding hydrogens is 476 g/mol. The van der Waals surface area contributed by atoms with Gasteiger partial charge in [-0.1, -0.05) is 66.2 Å². The second kappa shape index (κ2) is 9.44. The van der Waals surface area contributed by atoms with Crippen LogP contribution in [0.3, 0.4) is 0 Å². The van der Waals surface area contributed by atoms with E-state index in [1.807, 2.05) is 75.9 Å². The average Bonchev–Trinajstić information content (AvgIpc) is 3.04. The molecule has 6 aromatic rings. The molecule has 0 spiro atoms. The van der Waals surface area contributed by atoms with E-state index in [0.717, 1.165) is 39.2 Å². The quantitative estimate of drug-likeness (QED) is 0.218. The summed E-state index contributed by atoms with van der Waals surface area (Å²) in [6.07, 6.45) is 0. The highest BCUT2D eigenvalue weighted by Gasteiger charge is 2.17. The molecule has 6 nitrogen and oxygen atoms in total. The fourth-order valence-corrected chi connectivity index (χ4v) is 4.75. The number of hydrogen-bond acceptors (Lipinski definition) is 5. The van der Waals surface area contributed by atoms with Gasteiger partial charge in [-0.15, -0.1) is 0 Å². The molecule has 7 heteroatoms. The summed E-state index contributed by atoms with van der Waals surface area (Å²) in [4.78, 5) is 10.2. The predicted octanol–water partition coefficient (Wildman–Crippen LogP) is 6.64. The number of fused-ring (bicyclic) bond motifs is 3. The Morgan fingerprint density at radius 2 is 1.27 bits per heavy atom. The lowest BCUT2D eigenvalue weighted by Gasteiger charge is -2.17. The summed E-state index contributed by atoms with van der Waals surface area (Å²) in [6, 6.07) is 34.1. The Hall–Kier alpha value is -4.62. The number of benzene rings is 4. The van der Waals surface area contributed by atoms with E-state index in [1.165, 1.54) is 0 Å². The third-order valence-corrected chi connectivity index (χ3v) is 6.65. The smallest absolute Gasteiger partial charge is 0.192 e. The largest absolute Gasteiger partial charge is 0.278 e. The first-order chi connectivity index (χ1) is 18.1. The van der Waals surface area contributed by atoms with Crippen LogP contribution in [0.25, 0.3) is 33.7 Å². The molecule has 0 aliphatic heterocycles. The first-order valence-corrected chi connectivity index (χ1v) is 12.4. The lowest BCUT2D eigenvalue weighted by atomic mass is 10.2. The van der Waals surface area contributed by atoms with E-state index >= 15 is 0 Å². The SMILES string of the molecule is Cc1ccc(-n2c(=S)n(-c3ccccc3C)c3nc4ccccc4nc2/c3=N/Nc2ccccc2)cc1. The molecule has 0 saturated carbocycles. The van der Waals surface area contributed by atoms with Crippen molar-refractivity contribution in [2.45, 2.75) is 13.8 Å². The fraction of sp³-hybridized carbons (Fsp3) is 0.0667. The zero-order valence-corrected chi connectivity index (χ0v) is 21.3. The molecule has 1 N–H and O–H groups in total. The molecule has 0 aliphatic rings. The maximum atomic E-state index is 6.18. The number of anilines is 1. The Morgan fingerprint density at radius 1 is 0.676 bits per heavy atom. The number of nitrogens with zero attached hydrogens (tertiary/aromatic N) is 5. The number of aryl methyl sites for hydroxylation is 2. The Bertz CT molecular complexity index is 1890. The lowest BCUT2D eigenvalue weighted by Crippen LogP contribution is -2.23. The van der Waals surface area contributed by atoms with Crippen molar-refractivity contribution in [3.8, 4) is 11.4 Å². The molecule has 180 valence electrons. The van der Waals surface area contributed by atoms with E-state index in [1.54, 1.807) is 0 Å². The molecule has 2 heterocycles. The topological polar surface area (TPSA) is 60.0 Å². The van der Waals surface area contributed by atoms with Crippen LogP contribution >= 0.6 is 12.2 Å². The first kappa shape index (κ1) is 22.8. The number of hydrogen-bond donors (Lipinski definition) is 1.